The first-order valence-corrected chi connectivity index (χ1v) is 10.4. The van der Waals surface area contributed by atoms with E-state index in [1.807, 2.05) is 14.0 Å². The number of carboxylic acid groups (broad SMARTS) is 1. The Hall–Kier alpha value is -2.41. The Labute approximate surface area is 169 Å². The van der Waals surface area contributed by atoms with Crippen LogP contribution in [0, 0.1) is 18.7 Å². The van der Waals surface area contributed by atoms with E-state index in [0.717, 1.165) is 49.9 Å². The number of aromatic nitrogens is 1. The quantitative estimate of drug-likeness (QED) is 0.778. The summed E-state index contributed by atoms with van der Waals surface area (Å²) in [5, 5.41) is 12.8. The number of nitrogens with zero attached hydrogens (tertiary/aromatic N) is 2. The molecule has 1 saturated heterocycles. The number of aryl methyl sites for hydroxylation is 1. The SMILES string of the molecule is CC[C@H](NC)[C@@H]1CCN(c2c(F)cn3c(=O)c(C(=O)O)cc(C4CC4)c3c2C)C1. The van der Waals surface area contributed by atoms with E-state index in [9.17, 15) is 14.7 Å². The molecule has 0 radical (unpaired) electrons. The number of rotatable bonds is 6. The number of carbonyl (C=O) groups is 1. The van der Waals surface area contributed by atoms with E-state index in [2.05, 4.69) is 17.1 Å². The average molecular weight is 401 g/mol. The highest BCUT2D eigenvalue weighted by molar-refractivity contribution is 5.89. The van der Waals surface area contributed by atoms with Crippen molar-refractivity contribution < 1.29 is 14.3 Å². The highest BCUT2D eigenvalue weighted by atomic mass is 19.1. The maximum Gasteiger partial charge on any atom is 0.341 e. The highest BCUT2D eigenvalue weighted by Crippen LogP contribution is 2.44. The van der Waals surface area contributed by atoms with Crippen molar-refractivity contribution in [2.45, 2.75) is 51.5 Å². The monoisotopic (exact) mass is 401 g/mol. The fraction of sp³-hybridized carbons (Fsp3) is 0.545. The minimum absolute atomic E-state index is 0.237. The third-order valence-corrected chi connectivity index (χ3v) is 6.61. The summed E-state index contributed by atoms with van der Waals surface area (Å²) in [4.78, 5) is 26.3. The summed E-state index contributed by atoms with van der Waals surface area (Å²) in [6.07, 6.45) is 5.12. The molecule has 0 aromatic carbocycles. The number of anilines is 1. The van der Waals surface area contributed by atoms with E-state index in [1.54, 1.807) is 0 Å². The number of hydrogen-bond donors (Lipinski definition) is 2. The molecule has 0 bridgehead atoms. The molecule has 2 atom stereocenters. The zero-order valence-electron chi connectivity index (χ0n) is 17.2. The Kier molecular flexibility index (Phi) is 5.11. The summed E-state index contributed by atoms with van der Waals surface area (Å²) in [7, 11) is 1.97. The first-order chi connectivity index (χ1) is 13.9. The Balaban J connectivity index is 1.85. The molecule has 4 rings (SSSR count). The number of fused-ring (bicyclic) bond motifs is 1. The fourth-order valence-electron chi connectivity index (χ4n) is 4.98. The normalized spacial score (nSPS) is 20.4. The van der Waals surface area contributed by atoms with Crippen molar-refractivity contribution in [2.75, 3.05) is 25.0 Å². The molecule has 2 fully saturated rings. The maximum atomic E-state index is 15.2. The summed E-state index contributed by atoms with van der Waals surface area (Å²) in [5.41, 5.74) is 1.81. The van der Waals surface area contributed by atoms with Gasteiger partial charge in [-0.25, -0.2) is 9.18 Å². The Morgan fingerprint density at radius 1 is 1.38 bits per heavy atom. The van der Waals surface area contributed by atoms with Gasteiger partial charge in [0.1, 0.15) is 5.56 Å². The molecular formula is C22H28FN3O3. The molecule has 3 heterocycles. The third kappa shape index (κ3) is 3.31. The first-order valence-electron chi connectivity index (χ1n) is 10.4. The van der Waals surface area contributed by atoms with Gasteiger partial charge in [-0.3, -0.25) is 9.20 Å². The molecule has 6 nitrogen and oxygen atoms in total. The van der Waals surface area contributed by atoms with Crippen LogP contribution in [0.25, 0.3) is 5.52 Å². The molecule has 7 heteroatoms. The molecule has 1 aliphatic heterocycles. The van der Waals surface area contributed by atoms with Gasteiger partial charge in [0.25, 0.3) is 5.56 Å². The van der Waals surface area contributed by atoms with Crippen molar-refractivity contribution in [2.24, 2.45) is 5.92 Å². The molecule has 2 aromatic heterocycles. The van der Waals surface area contributed by atoms with E-state index < -0.39 is 17.3 Å². The van der Waals surface area contributed by atoms with Gasteiger partial charge in [0.15, 0.2) is 5.82 Å². The van der Waals surface area contributed by atoms with Gasteiger partial charge >= 0.3 is 5.97 Å². The number of aromatic carboxylic acids is 1. The van der Waals surface area contributed by atoms with Crippen LogP contribution in [0.15, 0.2) is 17.1 Å². The highest BCUT2D eigenvalue weighted by Gasteiger charge is 2.33. The summed E-state index contributed by atoms with van der Waals surface area (Å²) >= 11 is 0. The van der Waals surface area contributed by atoms with Crippen LogP contribution in [0.2, 0.25) is 0 Å². The molecule has 0 spiro atoms. The van der Waals surface area contributed by atoms with Gasteiger partial charge in [-0.15, -0.1) is 0 Å². The number of halogens is 1. The Bertz CT molecular complexity index is 1020. The summed E-state index contributed by atoms with van der Waals surface area (Å²) in [5.74, 6) is -1.06. The third-order valence-electron chi connectivity index (χ3n) is 6.61. The van der Waals surface area contributed by atoms with Crippen molar-refractivity contribution >= 4 is 17.2 Å². The number of hydrogen-bond acceptors (Lipinski definition) is 4. The zero-order chi connectivity index (χ0) is 20.9. The lowest BCUT2D eigenvalue weighted by Crippen LogP contribution is -2.35. The van der Waals surface area contributed by atoms with E-state index >= 15 is 4.39 Å². The summed E-state index contributed by atoms with van der Waals surface area (Å²) < 4.78 is 16.4. The van der Waals surface area contributed by atoms with E-state index in [0.29, 0.717) is 23.2 Å². The van der Waals surface area contributed by atoms with Gasteiger partial charge in [-0.2, -0.15) is 0 Å². The second-order valence-electron chi connectivity index (χ2n) is 8.37. The maximum absolute atomic E-state index is 15.2. The summed E-state index contributed by atoms with van der Waals surface area (Å²) in [6.45, 7) is 5.54. The minimum Gasteiger partial charge on any atom is -0.477 e. The minimum atomic E-state index is -1.27. The predicted molar refractivity (Wildman–Crippen MR) is 111 cm³/mol. The van der Waals surface area contributed by atoms with Crippen molar-refractivity contribution in [3.63, 3.8) is 0 Å². The molecule has 2 aromatic rings. The van der Waals surface area contributed by atoms with Crippen LogP contribution in [-0.2, 0) is 0 Å². The van der Waals surface area contributed by atoms with Crippen molar-refractivity contribution in [1.29, 1.82) is 0 Å². The lowest BCUT2D eigenvalue weighted by Gasteiger charge is -2.26. The van der Waals surface area contributed by atoms with Crippen LogP contribution in [-0.4, -0.2) is 41.7 Å². The predicted octanol–water partition coefficient (Wildman–Crippen LogP) is 3.15. The lowest BCUT2D eigenvalue weighted by atomic mass is 9.97. The van der Waals surface area contributed by atoms with Crippen LogP contribution in [0.5, 0.6) is 0 Å². The lowest BCUT2D eigenvalue weighted by molar-refractivity contribution is 0.0694. The molecule has 29 heavy (non-hydrogen) atoms. The molecule has 2 N–H and O–H groups in total. The average Bonchev–Trinajstić information content (AvgIpc) is 3.42. The number of nitrogens with one attached hydrogen (secondary N) is 1. The van der Waals surface area contributed by atoms with Gasteiger partial charge in [-0.1, -0.05) is 6.92 Å². The van der Waals surface area contributed by atoms with Crippen LogP contribution in [0.1, 0.15) is 60.0 Å². The van der Waals surface area contributed by atoms with Gasteiger partial charge < -0.3 is 15.3 Å². The molecule has 1 saturated carbocycles. The van der Waals surface area contributed by atoms with E-state index in [-0.39, 0.29) is 11.5 Å². The summed E-state index contributed by atoms with van der Waals surface area (Å²) in [6, 6.07) is 1.90. The number of carboxylic acids is 1. The van der Waals surface area contributed by atoms with Gasteiger partial charge in [0, 0.05) is 19.1 Å². The van der Waals surface area contributed by atoms with Crippen molar-refractivity contribution in [3.05, 3.63) is 45.1 Å². The topological polar surface area (TPSA) is 74.0 Å². The van der Waals surface area contributed by atoms with Gasteiger partial charge in [0.05, 0.1) is 17.4 Å². The van der Waals surface area contributed by atoms with Crippen molar-refractivity contribution in [3.8, 4) is 0 Å². The zero-order valence-corrected chi connectivity index (χ0v) is 17.2. The van der Waals surface area contributed by atoms with Crippen LogP contribution in [0.4, 0.5) is 10.1 Å². The van der Waals surface area contributed by atoms with Crippen LogP contribution in [0.3, 0.4) is 0 Å². The van der Waals surface area contributed by atoms with Crippen LogP contribution >= 0.6 is 0 Å². The van der Waals surface area contributed by atoms with Crippen LogP contribution < -0.4 is 15.8 Å². The molecule has 0 amide bonds. The van der Waals surface area contributed by atoms with Gasteiger partial charge in [0.2, 0.25) is 0 Å². The van der Waals surface area contributed by atoms with E-state index in [1.165, 1.54) is 16.7 Å². The molecule has 156 valence electrons. The Morgan fingerprint density at radius 3 is 2.69 bits per heavy atom. The Morgan fingerprint density at radius 2 is 2.10 bits per heavy atom. The largest absolute Gasteiger partial charge is 0.477 e. The second kappa shape index (κ2) is 7.44. The second-order valence-corrected chi connectivity index (χ2v) is 8.37. The van der Waals surface area contributed by atoms with Gasteiger partial charge in [-0.05, 0) is 68.7 Å². The first kappa shape index (κ1) is 19.9. The van der Waals surface area contributed by atoms with E-state index in [4.69, 9.17) is 0 Å². The molecule has 2 aliphatic rings. The smallest absolute Gasteiger partial charge is 0.341 e. The fourth-order valence-corrected chi connectivity index (χ4v) is 4.98. The standard InChI is InChI=1S/C22H28FN3O3/c1-4-18(24-3)14-7-8-25(10-14)20-12(2)19-15(13-5-6-13)9-16(22(28)29)21(27)26(19)11-17(20)23/h9,11,13-14,18,24H,4-8,10H2,1-3H3,(H,28,29)/t14-,18+/m1/s1. The van der Waals surface area contributed by atoms with Crippen molar-refractivity contribution in [1.82, 2.24) is 9.72 Å². The molecular weight excluding hydrogens is 373 g/mol. The molecule has 0 unspecified atom stereocenters. The molecule has 1 aliphatic carbocycles. The number of pyridine rings is 2.